The van der Waals surface area contributed by atoms with Crippen LogP contribution in [-0.4, -0.2) is 15.0 Å². The Hall–Kier alpha value is -5.03. The summed E-state index contributed by atoms with van der Waals surface area (Å²) in [7, 11) is 0. The standard InChI is InChI=1S/C34H31N5/c1-3-4-5-12-27(2)38(32-13-6-9-24-35-32)30-20-16-28(17-21-30)29-18-22-31(23-19-29)39(33-14-7-10-25-36-33)34-15-8-11-26-37-34/h3,6-26H,1,4-5H2,2H3/b27-12+. The summed E-state index contributed by atoms with van der Waals surface area (Å²) in [5.41, 5.74) is 5.47. The molecule has 0 N–H and O–H groups in total. The van der Waals surface area contributed by atoms with Crippen LogP contribution in [0.1, 0.15) is 19.8 Å². The van der Waals surface area contributed by atoms with Crippen LogP contribution in [0.15, 0.2) is 146 Å². The molecule has 0 bridgehead atoms. The molecule has 5 aromatic rings. The molecule has 0 saturated carbocycles. The second kappa shape index (κ2) is 12.5. The van der Waals surface area contributed by atoms with Crippen molar-refractivity contribution in [3.05, 3.63) is 146 Å². The first-order chi connectivity index (χ1) is 19.2. The van der Waals surface area contributed by atoms with Crippen molar-refractivity contribution in [3.8, 4) is 11.1 Å². The Morgan fingerprint density at radius 2 is 1.10 bits per heavy atom. The fraction of sp³-hybridized carbons (Fsp3) is 0.0882. The number of pyridine rings is 3. The zero-order chi connectivity index (χ0) is 26.9. The first-order valence-electron chi connectivity index (χ1n) is 13.1. The van der Waals surface area contributed by atoms with Gasteiger partial charge in [0.1, 0.15) is 17.5 Å². The summed E-state index contributed by atoms with van der Waals surface area (Å²) in [5, 5.41) is 0. The summed E-state index contributed by atoms with van der Waals surface area (Å²) in [6.45, 7) is 5.96. The minimum absolute atomic E-state index is 0.819. The molecule has 5 heteroatoms. The number of hydrogen-bond acceptors (Lipinski definition) is 5. The molecule has 0 amide bonds. The number of benzene rings is 2. The topological polar surface area (TPSA) is 45.2 Å². The lowest BCUT2D eigenvalue weighted by Crippen LogP contribution is -2.15. The van der Waals surface area contributed by atoms with Gasteiger partial charge in [0.25, 0.3) is 0 Å². The number of hydrogen-bond donors (Lipinski definition) is 0. The number of nitrogens with zero attached hydrogens (tertiary/aromatic N) is 5. The first kappa shape index (κ1) is 25.6. The summed E-state index contributed by atoms with van der Waals surface area (Å²) < 4.78 is 0. The third-order valence-electron chi connectivity index (χ3n) is 6.38. The Kier molecular flexibility index (Phi) is 8.19. The van der Waals surface area contributed by atoms with Crippen LogP contribution in [0, 0.1) is 0 Å². The van der Waals surface area contributed by atoms with Crippen molar-refractivity contribution in [2.75, 3.05) is 9.80 Å². The van der Waals surface area contributed by atoms with Gasteiger partial charge < -0.3 is 0 Å². The molecule has 0 aliphatic rings. The average molecular weight is 510 g/mol. The van der Waals surface area contributed by atoms with Gasteiger partial charge in [-0.2, -0.15) is 0 Å². The average Bonchev–Trinajstić information content (AvgIpc) is 3.00. The van der Waals surface area contributed by atoms with Gasteiger partial charge in [-0.3, -0.25) is 9.80 Å². The van der Waals surface area contributed by atoms with E-state index >= 15 is 0 Å². The maximum Gasteiger partial charge on any atom is 0.138 e. The molecule has 0 radical (unpaired) electrons. The number of unbranched alkanes of at least 4 members (excludes halogenated alkanes) is 1. The number of rotatable bonds is 10. The smallest absolute Gasteiger partial charge is 0.138 e. The van der Waals surface area contributed by atoms with Crippen molar-refractivity contribution < 1.29 is 0 Å². The maximum atomic E-state index is 4.61. The molecule has 0 atom stereocenters. The van der Waals surface area contributed by atoms with Crippen molar-refractivity contribution in [1.82, 2.24) is 15.0 Å². The minimum atomic E-state index is 0.819. The summed E-state index contributed by atoms with van der Waals surface area (Å²) in [6, 6.07) is 34.9. The Morgan fingerprint density at radius 3 is 1.56 bits per heavy atom. The highest BCUT2D eigenvalue weighted by molar-refractivity contribution is 5.76. The summed E-state index contributed by atoms with van der Waals surface area (Å²) in [5.74, 6) is 2.53. The van der Waals surface area contributed by atoms with E-state index in [1.807, 2.05) is 66.9 Å². The third kappa shape index (κ3) is 6.11. The quantitative estimate of drug-likeness (QED) is 0.139. The highest BCUT2D eigenvalue weighted by Crippen LogP contribution is 2.34. The lowest BCUT2D eigenvalue weighted by molar-refractivity contribution is 1.01. The molecule has 5 rings (SSSR count). The predicted molar refractivity (Wildman–Crippen MR) is 162 cm³/mol. The highest BCUT2D eigenvalue weighted by Gasteiger charge is 2.15. The fourth-order valence-electron chi connectivity index (χ4n) is 4.46. The zero-order valence-electron chi connectivity index (χ0n) is 22.1. The molecule has 192 valence electrons. The Balaban J connectivity index is 1.43. The number of aromatic nitrogens is 3. The maximum absolute atomic E-state index is 4.61. The van der Waals surface area contributed by atoms with E-state index in [1.54, 1.807) is 12.4 Å². The molecule has 0 saturated heterocycles. The third-order valence-corrected chi connectivity index (χ3v) is 6.38. The molecule has 2 aromatic carbocycles. The van der Waals surface area contributed by atoms with Crippen LogP contribution in [0.2, 0.25) is 0 Å². The Labute approximate surface area is 230 Å². The van der Waals surface area contributed by atoms with Gasteiger partial charge in [-0.15, -0.1) is 6.58 Å². The van der Waals surface area contributed by atoms with Crippen LogP contribution >= 0.6 is 0 Å². The summed E-state index contributed by atoms with van der Waals surface area (Å²) in [6.07, 6.45) is 11.5. The molecule has 3 aromatic heterocycles. The zero-order valence-corrected chi connectivity index (χ0v) is 22.1. The van der Waals surface area contributed by atoms with E-state index in [2.05, 4.69) is 92.9 Å². The van der Waals surface area contributed by atoms with Crippen LogP contribution in [0.3, 0.4) is 0 Å². The normalized spacial score (nSPS) is 11.2. The van der Waals surface area contributed by atoms with E-state index in [9.17, 15) is 0 Å². The Morgan fingerprint density at radius 1 is 0.615 bits per heavy atom. The molecular weight excluding hydrogens is 478 g/mol. The molecule has 3 heterocycles. The molecule has 5 nitrogen and oxygen atoms in total. The number of allylic oxidation sites excluding steroid dienone is 3. The van der Waals surface area contributed by atoms with Gasteiger partial charge in [0.05, 0.1) is 0 Å². The second-order valence-corrected chi connectivity index (χ2v) is 9.04. The van der Waals surface area contributed by atoms with Crippen molar-refractivity contribution in [2.45, 2.75) is 19.8 Å². The van der Waals surface area contributed by atoms with Crippen molar-refractivity contribution in [3.63, 3.8) is 0 Å². The second-order valence-electron chi connectivity index (χ2n) is 9.04. The lowest BCUT2D eigenvalue weighted by atomic mass is 10.0. The van der Waals surface area contributed by atoms with Gasteiger partial charge in [-0.1, -0.05) is 54.6 Å². The summed E-state index contributed by atoms with van der Waals surface area (Å²) >= 11 is 0. The van der Waals surface area contributed by atoms with Gasteiger partial charge in [0.2, 0.25) is 0 Å². The molecule has 39 heavy (non-hydrogen) atoms. The molecular formula is C34H31N5. The van der Waals surface area contributed by atoms with Gasteiger partial charge in [-0.05, 0) is 91.6 Å². The van der Waals surface area contributed by atoms with Gasteiger partial charge in [0, 0.05) is 35.7 Å². The van der Waals surface area contributed by atoms with Gasteiger partial charge >= 0.3 is 0 Å². The SMILES string of the molecule is C=CCC/C=C(\C)N(c1ccc(-c2ccc(N(c3ccccn3)c3ccccn3)cc2)cc1)c1ccccn1. The van der Waals surface area contributed by atoms with Crippen LogP contribution in [0.25, 0.3) is 11.1 Å². The number of anilines is 5. The largest absolute Gasteiger partial charge is 0.299 e. The molecule has 0 aliphatic heterocycles. The highest BCUT2D eigenvalue weighted by atomic mass is 15.2. The lowest BCUT2D eigenvalue weighted by Gasteiger charge is -2.25. The van der Waals surface area contributed by atoms with E-state index in [-0.39, 0.29) is 0 Å². The van der Waals surface area contributed by atoms with E-state index in [1.165, 1.54) is 0 Å². The fourth-order valence-corrected chi connectivity index (χ4v) is 4.46. The van der Waals surface area contributed by atoms with E-state index in [0.29, 0.717) is 0 Å². The first-order valence-corrected chi connectivity index (χ1v) is 13.1. The van der Waals surface area contributed by atoms with E-state index < -0.39 is 0 Å². The summed E-state index contributed by atoms with van der Waals surface area (Å²) in [4.78, 5) is 18.0. The van der Waals surface area contributed by atoms with Crippen molar-refractivity contribution in [1.29, 1.82) is 0 Å². The van der Waals surface area contributed by atoms with Gasteiger partial charge in [0.15, 0.2) is 0 Å². The monoisotopic (exact) mass is 509 g/mol. The van der Waals surface area contributed by atoms with E-state index in [0.717, 1.165) is 58.5 Å². The van der Waals surface area contributed by atoms with Crippen molar-refractivity contribution in [2.24, 2.45) is 0 Å². The Bertz CT molecular complexity index is 1460. The van der Waals surface area contributed by atoms with Crippen LogP contribution in [0.5, 0.6) is 0 Å². The van der Waals surface area contributed by atoms with Crippen LogP contribution in [-0.2, 0) is 0 Å². The minimum Gasteiger partial charge on any atom is -0.299 e. The van der Waals surface area contributed by atoms with Crippen LogP contribution in [0.4, 0.5) is 28.8 Å². The van der Waals surface area contributed by atoms with Crippen LogP contribution < -0.4 is 9.80 Å². The van der Waals surface area contributed by atoms with Gasteiger partial charge in [-0.25, -0.2) is 15.0 Å². The van der Waals surface area contributed by atoms with Crippen molar-refractivity contribution >= 4 is 28.8 Å². The molecule has 0 fully saturated rings. The molecule has 0 aliphatic carbocycles. The molecule has 0 spiro atoms. The van der Waals surface area contributed by atoms with E-state index in [4.69, 9.17) is 0 Å². The molecule has 0 unspecified atom stereocenters. The predicted octanol–water partition coefficient (Wildman–Crippen LogP) is 9.02.